The number of carboxylic acids is 1. The number of aliphatic carboxylic acids is 1. The number of hydrogen-bond donors (Lipinski definition) is 1. The van der Waals surface area contributed by atoms with Crippen LogP contribution in [-0.2, 0) is 16.0 Å². The van der Waals surface area contributed by atoms with Crippen LogP contribution < -0.4 is 0 Å². The van der Waals surface area contributed by atoms with Gasteiger partial charge in [0.05, 0.1) is 6.42 Å². The molecule has 0 spiro atoms. The second kappa shape index (κ2) is 6.55. The molecule has 0 aromatic heterocycles. The summed E-state index contributed by atoms with van der Waals surface area (Å²) in [4.78, 5) is 24.8. The van der Waals surface area contributed by atoms with Crippen LogP contribution in [0.1, 0.15) is 36.8 Å². The normalized spacial score (nSPS) is 18.2. The van der Waals surface area contributed by atoms with Gasteiger partial charge in [-0.25, -0.2) is 0 Å². The van der Waals surface area contributed by atoms with Crippen molar-refractivity contribution in [1.29, 1.82) is 0 Å². The van der Waals surface area contributed by atoms with Crippen molar-refractivity contribution in [2.45, 2.75) is 45.1 Å². The fraction of sp³-hybridized carbons (Fsp3) is 0.500. The Morgan fingerprint density at radius 3 is 2.65 bits per heavy atom. The van der Waals surface area contributed by atoms with E-state index in [1.165, 1.54) is 5.56 Å². The molecule has 1 atom stereocenters. The predicted molar refractivity (Wildman–Crippen MR) is 76.5 cm³/mol. The van der Waals surface area contributed by atoms with Gasteiger partial charge in [-0.05, 0) is 31.7 Å². The first-order chi connectivity index (χ1) is 9.56. The first-order valence-electron chi connectivity index (χ1n) is 7.13. The molecule has 0 radical (unpaired) electrons. The quantitative estimate of drug-likeness (QED) is 0.897. The number of aryl methyl sites for hydroxylation is 2. The van der Waals surface area contributed by atoms with E-state index in [9.17, 15) is 9.59 Å². The Morgan fingerprint density at radius 1 is 1.30 bits per heavy atom. The van der Waals surface area contributed by atoms with Crippen molar-refractivity contribution >= 4 is 11.9 Å². The van der Waals surface area contributed by atoms with Crippen LogP contribution in [0.5, 0.6) is 0 Å². The van der Waals surface area contributed by atoms with Crippen LogP contribution in [0.2, 0.25) is 0 Å². The third kappa shape index (κ3) is 3.83. The van der Waals surface area contributed by atoms with Crippen LogP contribution in [0, 0.1) is 6.92 Å². The molecule has 2 rings (SSSR count). The molecule has 1 saturated heterocycles. The average molecular weight is 275 g/mol. The lowest BCUT2D eigenvalue weighted by atomic mass is 10.1. The second-order valence-electron chi connectivity index (χ2n) is 5.47. The van der Waals surface area contributed by atoms with E-state index in [2.05, 4.69) is 0 Å². The summed E-state index contributed by atoms with van der Waals surface area (Å²) in [5.41, 5.74) is 2.36. The molecule has 1 fully saturated rings. The number of carbonyl (C=O) groups excluding carboxylic acids is 1. The maximum Gasteiger partial charge on any atom is 0.305 e. The molecule has 108 valence electrons. The number of carbonyl (C=O) groups is 2. The monoisotopic (exact) mass is 275 g/mol. The number of amides is 1. The summed E-state index contributed by atoms with van der Waals surface area (Å²) in [6.45, 7) is 2.74. The summed E-state index contributed by atoms with van der Waals surface area (Å²) >= 11 is 0. The van der Waals surface area contributed by atoms with Crippen LogP contribution in [0.4, 0.5) is 0 Å². The maximum atomic E-state index is 12.2. The highest BCUT2D eigenvalue weighted by Gasteiger charge is 2.29. The highest BCUT2D eigenvalue weighted by Crippen LogP contribution is 2.21. The summed E-state index contributed by atoms with van der Waals surface area (Å²) < 4.78 is 0. The number of likely N-dealkylation sites (tertiary alicyclic amines) is 1. The number of carboxylic acid groups (broad SMARTS) is 1. The molecule has 1 aliphatic heterocycles. The Hall–Kier alpha value is -1.84. The van der Waals surface area contributed by atoms with E-state index in [0.717, 1.165) is 24.8 Å². The first kappa shape index (κ1) is 14.6. The predicted octanol–water partition coefficient (Wildman–Crippen LogP) is 2.39. The van der Waals surface area contributed by atoms with Gasteiger partial charge in [0.2, 0.25) is 5.91 Å². The molecular weight excluding hydrogens is 254 g/mol. The summed E-state index contributed by atoms with van der Waals surface area (Å²) in [5.74, 6) is -0.748. The lowest BCUT2D eigenvalue weighted by Gasteiger charge is -2.23. The van der Waals surface area contributed by atoms with Gasteiger partial charge in [-0.1, -0.05) is 29.8 Å². The molecule has 1 heterocycles. The van der Waals surface area contributed by atoms with E-state index in [1.807, 2.05) is 31.2 Å². The molecule has 0 bridgehead atoms. The van der Waals surface area contributed by atoms with E-state index in [4.69, 9.17) is 5.11 Å². The molecule has 1 aromatic rings. The minimum atomic E-state index is -0.826. The Morgan fingerprint density at radius 2 is 2.00 bits per heavy atom. The Bertz CT molecular complexity index is 481. The second-order valence-corrected chi connectivity index (χ2v) is 5.47. The molecule has 1 aliphatic rings. The van der Waals surface area contributed by atoms with Gasteiger partial charge in [-0.3, -0.25) is 9.59 Å². The minimum Gasteiger partial charge on any atom is -0.481 e. The lowest BCUT2D eigenvalue weighted by molar-refractivity contribution is -0.139. The zero-order valence-electron chi connectivity index (χ0n) is 11.8. The van der Waals surface area contributed by atoms with Crippen LogP contribution in [-0.4, -0.2) is 34.5 Å². The van der Waals surface area contributed by atoms with Crippen molar-refractivity contribution in [2.75, 3.05) is 6.54 Å². The van der Waals surface area contributed by atoms with Crippen LogP contribution in [0.25, 0.3) is 0 Å². The van der Waals surface area contributed by atoms with Crippen LogP contribution >= 0.6 is 0 Å². The minimum absolute atomic E-state index is 0.0657. The molecule has 1 unspecified atom stereocenters. The highest BCUT2D eigenvalue weighted by molar-refractivity contribution is 5.78. The van der Waals surface area contributed by atoms with Gasteiger partial charge in [-0.15, -0.1) is 0 Å². The molecule has 20 heavy (non-hydrogen) atoms. The molecule has 4 nitrogen and oxygen atoms in total. The smallest absolute Gasteiger partial charge is 0.305 e. The number of nitrogens with zero attached hydrogens (tertiary/aromatic N) is 1. The molecule has 1 N–H and O–H groups in total. The first-order valence-corrected chi connectivity index (χ1v) is 7.13. The zero-order valence-corrected chi connectivity index (χ0v) is 11.8. The van der Waals surface area contributed by atoms with Gasteiger partial charge >= 0.3 is 5.97 Å². The summed E-state index contributed by atoms with van der Waals surface area (Å²) in [6.07, 6.45) is 2.96. The van der Waals surface area contributed by atoms with E-state index in [1.54, 1.807) is 4.90 Å². The van der Waals surface area contributed by atoms with E-state index >= 15 is 0 Å². The van der Waals surface area contributed by atoms with Crippen molar-refractivity contribution in [3.63, 3.8) is 0 Å². The number of hydrogen-bond acceptors (Lipinski definition) is 2. The Kier molecular flexibility index (Phi) is 4.77. The van der Waals surface area contributed by atoms with Crippen LogP contribution in [0.3, 0.4) is 0 Å². The van der Waals surface area contributed by atoms with E-state index < -0.39 is 5.97 Å². The fourth-order valence-corrected chi connectivity index (χ4v) is 2.73. The summed E-state index contributed by atoms with van der Waals surface area (Å²) in [6, 6.07) is 8.06. The van der Waals surface area contributed by atoms with Crippen molar-refractivity contribution in [1.82, 2.24) is 4.90 Å². The van der Waals surface area contributed by atoms with Crippen molar-refractivity contribution in [2.24, 2.45) is 0 Å². The largest absolute Gasteiger partial charge is 0.481 e. The lowest BCUT2D eigenvalue weighted by Crippen LogP contribution is -2.36. The van der Waals surface area contributed by atoms with E-state index in [0.29, 0.717) is 13.0 Å². The van der Waals surface area contributed by atoms with Crippen LogP contribution in [0.15, 0.2) is 24.3 Å². The summed E-state index contributed by atoms with van der Waals surface area (Å²) in [7, 11) is 0. The van der Waals surface area contributed by atoms with Gasteiger partial charge in [0.15, 0.2) is 0 Å². The van der Waals surface area contributed by atoms with Crippen molar-refractivity contribution < 1.29 is 14.7 Å². The fourth-order valence-electron chi connectivity index (χ4n) is 2.73. The van der Waals surface area contributed by atoms with Crippen molar-refractivity contribution in [3.05, 3.63) is 35.4 Å². The Labute approximate surface area is 119 Å². The standard InChI is InChI=1S/C16H21NO3/c1-12-4-6-13(7-5-12)8-9-15(18)17-10-2-3-14(17)11-16(19)20/h4-7,14H,2-3,8-11H2,1H3,(H,19,20). The van der Waals surface area contributed by atoms with Gasteiger partial charge in [0, 0.05) is 19.0 Å². The third-order valence-corrected chi connectivity index (χ3v) is 3.86. The van der Waals surface area contributed by atoms with Gasteiger partial charge < -0.3 is 10.0 Å². The number of rotatable bonds is 5. The van der Waals surface area contributed by atoms with E-state index in [-0.39, 0.29) is 18.4 Å². The summed E-state index contributed by atoms with van der Waals surface area (Å²) in [5, 5.41) is 8.87. The molecule has 1 aromatic carbocycles. The number of benzene rings is 1. The molecular formula is C16H21NO3. The highest BCUT2D eigenvalue weighted by atomic mass is 16.4. The van der Waals surface area contributed by atoms with Crippen molar-refractivity contribution in [3.8, 4) is 0 Å². The van der Waals surface area contributed by atoms with Gasteiger partial charge in [0.25, 0.3) is 0 Å². The van der Waals surface area contributed by atoms with Gasteiger partial charge in [0.1, 0.15) is 0 Å². The third-order valence-electron chi connectivity index (χ3n) is 3.86. The molecule has 0 saturated carbocycles. The zero-order chi connectivity index (χ0) is 14.5. The average Bonchev–Trinajstić information content (AvgIpc) is 2.85. The molecule has 4 heteroatoms. The van der Waals surface area contributed by atoms with Gasteiger partial charge in [-0.2, -0.15) is 0 Å². The molecule has 0 aliphatic carbocycles. The Balaban J connectivity index is 1.87. The SMILES string of the molecule is Cc1ccc(CCC(=O)N2CCCC2CC(=O)O)cc1. The topological polar surface area (TPSA) is 57.6 Å². The molecule has 1 amide bonds. The maximum absolute atomic E-state index is 12.2.